The van der Waals surface area contributed by atoms with Crippen LogP contribution in [0, 0.1) is 29.6 Å². The van der Waals surface area contributed by atoms with Crippen LogP contribution < -0.4 is 9.47 Å². The van der Waals surface area contributed by atoms with Gasteiger partial charge in [0.15, 0.2) is 11.5 Å². The number of nitriles is 2. The molecule has 2 aromatic rings. The summed E-state index contributed by atoms with van der Waals surface area (Å²) in [6.45, 7) is 1.83. The van der Waals surface area contributed by atoms with E-state index in [1.165, 1.54) is 21.3 Å². The van der Waals surface area contributed by atoms with Gasteiger partial charge in [0.1, 0.15) is 12.1 Å². The second kappa shape index (κ2) is 8.06. The second-order valence-corrected chi connectivity index (χ2v) is 7.03. The Labute approximate surface area is 174 Å². The van der Waals surface area contributed by atoms with Crippen LogP contribution >= 0.6 is 11.6 Å². The van der Waals surface area contributed by atoms with Crippen molar-refractivity contribution < 1.29 is 19.0 Å². The van der Waals surface area contributed by atoms with Crippen LogP contribution in [0.5, 0.6) is 11.5 Å². The first-order valence-corrected chi connectivity index (χ1v) is 9.35. The maximum Gasteiger partial charge on any atom is 0.305 e. The van der Waals surface area contributed by atoms with Crippen molar-refractivity contribution in [2.24, 2.45) is 0 Å². The Kier molecular flexibility index (Phi) is 5.72. The highest BCUT2D eigenvalue weighted by molar-refractivity contribution is 6.33. The van der Waals surface area contributed by atoms with Gasteiger partial charge >= 0.3 is 5.97 Å². The number of methoxy groups -OCH3 is 3. The zero-order valence-electron chi connectivity index (χ0n) is 16.6. The van der Waals surface area contributed by atoms with E-state index >= 15 is 0 Å². The average Bonchev–Trinajstić information content (AvgIpc) is 3.02. The molecule has 1 aromatic carbocycles. The molecule has 0 spiro atoms. The SMILES string of the molecule is COC(=O)CCc1c(C)c(C#N)c2n1C(C#N)Cc1c-2cc(OC)c(OC)c1Cl. The number of rotatable bonds is 5. The Morgan fingerprint density at radius 2 is 2.03 bits per heavy atom. The van der Waals surface area contributed by atoms with Crippen LogP contribution in [0.2, 0.25) is 5.02 Å². The van der Waals surface area contributed by atoms with Crippen LogP contribution in [0.15, 0.2) is 6.07 Å². The molecule has 1 aliphatic rings. The number of benzene rings is 1. The highest BCUT2D eigenvalue weighted by Crippen LogP contribution is 2.49. The summed E-state index contributed by atoms with van der Waals surface area (Å²) in [6.07, 6.45) is 0.868. The van der Waals surface area contributed by atoms with Crippen LogP contribution in [0.25, 0.3) is 11.3 Å². The van der Waals surface area contributed by atoms with Crippen LogP contribution in [-0.4, -0.2) is 31.9 Å². The van der Waals surface area contributed by atoms with E-state index in [-0.39, 0.29) is 12.4 Å². The number of halogens is 1. The van der Waals surface area contributed by atoms with Crippen molar-refractivity contribution in [2.75, 3.05) is 21.3 Å². The van der Waals surface area contributed by atoms with E-state index in [9.17, 15) is 15.3 Å². The molecule has 3 rings (SSSR count). The lowest BCUT2D eigenvalue weighted by atomic mass is 9.91. The summed E-state index contributed by atoms with van der Waals surface area (Å²) in [5.74, 6) is 0.487. The molecular formula is C21H20ClN3O4. The van der Waals surface area contributed by atoms with Gasteiger partial charge < -0.3 is 18.8 Å². The Morgan fingerprint density at radius 3 is 2.59 bits per heavy atom. The van der Waals surface area contributed by atoms with E-state index in [1.54, 1.807) is 6.07 Å². The van der Waals surface area contributed by atoms with Gasteiger partial charge in [0.25, 0.3) is 0 Å². The van der Waals surface area contributed by atoms with Crippen molar-refractivity contribution >= 4 is 17.6 Å². The molecule has 0 fully saturated rings. The quantitative estimate of drug-likeness (QED) is 0.692. The average molecular weight is 414 g/mol. The molecule has 0 aliphatic carbocycles. The number of carbonyl (C=O) groups is 1. The van der Waals surface area contributed by atoms with Gasteiger partial charge in [0.05, 0.1) is 50.1 Å². The Morgan fingerprint density at radius 1 is 1.31 bits per heavy atom. The predicted octanol–water partition coefficient (Wildman–Crippen LogP) is 3.73. The summed E-state index contributed by atoms with van der Waals surface area (Å²) in [7, 11) is 4.34. The van der Waals surface area contributed by atoms with Gasteiger partial charge in [-0.15, -0.1) is 0 Å². The predicted molar refractivity (Wildman–Crippen MR) is 106 cm³/mol. The van der Waals surface area contributed by atoms with E-state index in [0.29, 0.717) is 40.6 Å². The van der Waals surface area contributed by atoms with Crippen molar-refractivity contribution in [1.29, 1.82) is 10.5 Å². The lowest BCUT2D eigenvalue weighted by Crippen LogP contribution is -2.21. The van der Waals surface area contributed by atoms with Crippen LogP contribution in [0.1, 0.15) is 34.8 Å². The fourth-order valence-corrected chi connectivity index (χ4v) is 4.27. The molecule has 0 amide bonds. The maximum atomic E-state index is 11.7. The first kappa shape index (κ1) is 20.6. The number of fused-ring (bicyclic) bond motifs is 3. The molecule has 1 aromatic heterocycles. The molecule has 0 N–H and O–H groups in total. The molecule has 1 unspecified atom stereocenters. The van der Waals surface area contributed by atoms with Gasteiger partial charge in [-0.25, -0.2) is 0 Å². The molecule has 1 atom stereocenters. The summed E-state index contributed by atoms with van der Waals surface area (Å²) in [6, 6.07) is 5.78. The lowest BCUT2D eigenvalue weighted by Gasteiger charge is -2.28. The lowest BCUT2D eigenvalue weighted by molar-refractivity contribution is -0.140. The van der Waals surface area contributed by atoms with Crippen molar-refractivity contribution in [2.45, 2.75) is 32.2 Å². The van der Waals surface area contributed by atoms with E-state index in [1.807, 2.05) is 11.5 Å². The molecule has 0 saturated carbocycles. The van der Waals surface area contributed by atoms with Gasteiger partial charge in [-0.2, -0.15) is 10.5 Å². The van der Waals surface area contributed by atoms with Gasteiger partial charge in [0.2, 0.25) is 0 Å². The Hall–Kier alpha value is -3.16. The van der Waals surface area contributed by atoms with Crippen LogP contribution in [0.3, 0.4) is 0 Å². The normalized spacial score (nSPS) is 14.2. The third-order valence-corrected chi connectivity index (χ3v) is 5.71. The third-order valence-electron chi connectivity index (χ3n) is 5.31. The fourth-order valence-electron chi connectivity index (χ4n) is 3.92. The topological polar surface area (TPSA) is 97.3 Å². The third kappa shape index (κ3) is 3.18. The smallest absolute Gasteiger partial charge is 0.305 e. The second-order valence-electron chi connectivity index (χ2n) is 6.65. The Bertz CT molecular complexity index is 1080. The molecule has 29 heavy (non-hydrogen) atoms. The summed E-state index contributed by atoms with van der Waals surface area (Å²) >= 11 is 6.60. The van der Waals surface area contributed by atoms with Gasteiger partial charge in [0, 0.05) is 17.7 Å². The number of esters is 1. The highest BCUT2D eigenvalue weighted by Gasteiger charge is 2.35. The van der Waals surface area contributed by atoms with Gasteiger partial charge in [-0.05, 0) is 30.5 Å². The summed E-state index contributed by atoms with van der Waals surface area (Å²) < 4.78 is 17.4. The molecule has 8 heteroatoms. The minimum Gasteiger partial charge on any atom is -0.493 e. The van der Waals surface area contributed by atoms with Crippen LogP contribution in [0.4, 0.5) is 0 Å². The van der Waals surface area contributed by atoms with Gasteiger partial charge in [-0.1, -0.05) is 11.6 Å². The standard InChI is InChI=1S/C21H20ClN3O4/c1-11-15(10-24)20-14-8-17(27-2)21(29-4)19(22)13(14)7-12(9-23)25(20)16(11)5-6-18(26)28-3/h8,12H,5-7H2,1-4H3. The fraction of sp³-hybridized carbons (Fsp3) is 0.381. The van der Waals surface area contributed by atoms with Crippen molar-refractivity contribution in [3.8, 4) is 34.9 Å². The monoisotopic (exact) mass is 413 g/mol. The molecule has 7 nitrogen and oxygen atoms in total. The van der Waals surface area contributed by atoms with Crippen molar-refractivity contribution in [3.63, 3.8) is 0 Å². The number of aromatic nitrogens is 1. The van der Waals surface area contributed by atoms with Crippen molar-refractivity contribution in [3.05, 3.63) is 33.5 Å². The molecule has 0 radical (unpaired) electrons. The largest absolute Gasteiger partial charge is 0.493 e. The minimum atomic E-state index is -0.568. The highest BCUT2D eigenvalue weighted by atomic mass is 35.5. The van der Waals surface area contributed by atoms with Crippen molar-refractivity contribution in [1.82, 2.24) is 4.57 Å². The molecule has 1 aliphatic heterocycles. The maximum absolute atomic E-state index is 11.7. The summed E-state index contributed by atoms with van der Waals surface area (Å²) in [5, 5.41) is 20.1. The zero-order chi connectivity index (χ0) is 21.3. The minimum absolute atomic E-state index is 0.156. The van der Waals surface area contributed by atoms with Crippen LogP contribution in [-0.2, 0) is 22.4 Å². The first-order chi connectivity index (χ1) is 13.9. The Balaban J connectivity index is 2.32. The number of hydrogen-bond donors (Lipinski definition) is 0. The molecule has 2 heterocycles. The number of carbonyl (C=O) groups excluding carboxylic acids is 1. The number of nitrogens with zero attached hydrogens (tertiary/aromatic N) is 3. The summed E-state index contributed by atoms with van der Waals surface area (Å²) in [4.78, 5) is 11.7. The van der Waals surface area contributed by atoms with E-state index < -0.39 is 6.04 Å². The van der Waals surface area contributed by atoms with E-state index in [0.717, 1.165) is 22.4 Å². The van der Waals surface area contributed by atoms with E-state index in [2.05, 4.69) is 12.1 Å². The molecule has 0 saturated heterocycles. The number of ether oxygens (including phenoxy) is 3. The molecular weight excluding hydrogens is 394 g/mol. The molecule has 150 valence electrons. The first-order valence-electron chi connectivity index (χ1n) is 8.97. The van der Waals surface area contributed by atoms with E-state index in [4.69, 9.17) is 25.8 Å². The number of hydrogen-bond acceptors (Lipinski definition) is 6. The zero-order valence-corrected chi connectivity index (χ0v) is 17.4. The van der Waals surface area contributed by atoms with Gasteiger partial charge in [-0.3, -0.25) is 4.79 Å². The summed E-state index contributed by atoms with van der Waals surface area (Å²) in [5.41, 5.74) is 4.03. The molecule has 0 bridgehead atoms.